The van der Waals surface area contributed by atoms with E-state index in [1.165, 1.54) is 18.4 Å². The number of hydrogen-bond donors (Lipinski definition) is 0. The van der Waals surface area contributed by atoms with Crippen molar-refractivity contribution in [1.29, 1.82) is 0 Å². The molecule has 1 saturated heterocycles. The molecule has 3 heterocycles. The molecular weight excluding hydrogens is 436 g/mol. The van der Waals surface area contributed by atoms with Gasteiger partial charge in [0.25, 0.3) is 0 Å². The predicted molar refractivity (Wildman–Crippen MR) is 113 cm³/mol. The third kappa shape index (κ3) is 4.68. The number of carbonyl (C=O) groups excluding carboxylic acids is 1. The predicted octanol–water partition coefficient (Wildman–Crippen LogP) is 4.79. The number of amides is 1. The van der Waals surface area contributed by atoms with Gasteiger partial charge in [0.05, 0.1) is 6.61 Å². The number of pyridine rings is 1. The van der Waals surface area contributed by atoms with E-state index in [4.69, 9.17) is 9.47 Å². The summed E-state index contributed by atoms with van der Waals surface area (Å²) in [5, 5.41) is 8.29. The normalized spacial score (nSPS) is 19.4. The van der Waals surface area contributed by atoms with Gasteiger partial charge >= 0.3 is 6.09 Å². The zero-order chi connectivity index (χ0) is 20.8. The largest absolute Gasteiger partial charge is 0.493 e. The number of carbonyl (C=O) groups is 1. The third-order valence-electron chi connectivity index (χ3n) is 5.71. The molecule has 0 spiro atoms. The lowest BCUT2D eigenvalue weighted by Crippen LogP contribution is -2.46. The maximum absolute atomic E-state index is 12.3. The minimum Gasteiger partial charge on any atom is -0.493 e. The molecule has 8 heteroatoms. The van der Waals surface area contributed by atoms with Gasteiger partial charge in [0.1, 0.15) is 11.4 Å². The molecule has 4 rings (SSSR count). The van der Waals surface area contributed by atoms with Crippen LogP contribution in [0.1, 0.15) is 64.9 Å². The van der Waals surface area contributed by atoms with Gasteiger partial charge in [-0.15, -0.1) is 10.2 Å². The average Bonchev–Trinajstić information content (AvgIpc) is 3.43. The van der Waals surface area contributed by atoms with Crippen LogP contribution in [0.5, 0.6) is 5.75 Å². The summed E-state index contributed by atoms with van der Waals surface area (Å²) >= 11 is 3.45. The first-order valence-electron chi connectivity index (χ1n) is 10.3. The molecular formula is C21H29BrN4O3. The molecule has 7 nitrogen and oxygen atoms in total. The summed E-state index contributed by atoms with van der Waals surface area (Å²) in [5.41, 5.74) is 1.57. The second-order valence-electron chi connectivity index (χ2n) is 9.63. The molecule has 2 aromatic heterocycles. The maximum Gasteiger partial charge on any atom is 0.410 e. The lowest BCUT2D eigenvalue weighted by molar-refractivity contribution is 0.00589. The number of hydrogen-bond acceptors (Lipinski definition) is 5. The summed E-state index contributed by atoms with van der Waals surface area (Å²) in [4.78, 5) is 14.1. The lowest BCUT2D eigenvalue weighted by atomic mass is 9.81. The van der Waals surface area contributed by atoms with E-state index in [1.54, 1.807) is 0 Å². The second kappa shape index (κ2) is 7.45. The molecule has 0 atom stereocenters. The van der Waals surface area contributed by atoms with Crippen LogP contribution in [0.25, 0.3) is 5.65 Å². The van der Waals surface area contributed by atoms with E-state index in [0.717, 1.165) is 24.2 Å². The van der Waals surface area contributed by atoms with Crippen LogP contribution >= 0.6 is 15.9 Å². The quantitative estimate of drug-likeness (QED) is 0.650. The average molecular weight is 465 g/mol. The first-order valence-corrected chi connectivity index (χ1v) is 11.1. The highest BCUT2D eigenvalue weighted by molar-refractivity contribution is 9.10. The smallest absolute Gasteiger partial charge is 0.410 e. The Kier molecular flexibility index (Phi) is 5.25. The van der Waals surface area contributed by atoms with Crippen LogP contribution in [0, 0.1) is 5.41 Å². The summed E-state index contributed by atoms with van der Waals surface area (Å²) in [6, 6.07) is 1.99. The molecule has 2 aliphatic rings. The number of piperidine rings is 1. The zero-order valence-electron chi connectivity index (χ0n) is 17.6. The first kappa shape index (κ1) is 20.4. The van der Waals surface area contributed by atoms with Crippen LogP contribution in [-0.4, -0.2) is 50.9 Å². The summed E-state index contributed by atoms with van der Waals surface area (Å²) in [7, 11) is 0. The van der Waals surface area contributed by atoms with Crippen LogP contribution in [0.15, 0.2) is 17.0 Å². The Labute approximate surface area is 179 Å². The summed E-state index contributed by atoms with van der Waals surface area (Å²) in [6.07, 6.45) is 6.06. The highest BCUT2D eigenvalue weighted by atomic mass is 79.9. The standard InChI is InChI=1S/C21H29BrN4O3/c1-20(2,3)29-19(27)25-9-7-21(4,8-10-25)13-28-16-11-17-23-24-18(22)26(17)12-15(16)14-5-6-14/h11-12,14H,5-10,13H2,1-4H3. The number of aromatic nitrogens is 3. The van der Waals surface area contributed by atoms with Gasteiger partial charge in [-0.1, -0.05) is 6.92 Å². The topological polar surface area (TPSA) is 69.0 Å². The molecule has 158 valence electrons. The Balaban J connectivity index is 1.40. The Morgan fingerprint density at radius 3 is 2.59 bits per heavy atom. The molecule has 1 saturated carbocycles. The number of fused-ring (bicyclic) bond motifs is 1. The van der Waals surface area contributed by atoms with Gasteiger partial charge in [-0.2, -0.15) is 0 Å². The molecule has 2 aromatic rings. The second-order valence-corrected chi connectivity index (χ2v) is 10.3. The van der Waals surface area contributed by atoms with Gasteiger partial charge in [-0.3, -0.25) is 4.40 Å². The Morgan fingerprint density at radius 1 is 1.28 bits per heavy atom. The minimum atomic E-state index is -0.463. The first-order chi connectivity index (χ1) is 13.6. The van der Waals surface area contributed by atoms with Crippen molar-refractivity contribution in [3.05, 3.63) is 22.6 Å². The number of nitrogens with zero attached hydrogens (tertiary/aromatic N) is 4. The molecule has 0 N–H and O–H groups in total. The molecule has 1 aliphatic carbocycles. The third-order valence-corrected chi connectivity index (χ3v) is 6.25. The van der Waals surface area contributed by atoms with Gasteiger partial charge in [-0.25, -0.2) is 4.79 Å². The van der Waals surface area contributed by atoms with Crippen molar-refractivity contribution in [3.8, 4) is 5.75 Å². The molecule has 0 unspecified atom stereocenters. The van der Waals surface area contributed by atoms with Crippen LogP contribution < -0.4 is 4.74 Å². The van der Waals surface area contributed by atoms with Crippen LogP contribution in [0.2, 0.25) is 0 Å². The van der Waals surface area contributed by atoms with Crippen molar-refractivity contribution >= 4 is 27.7 Å². The molecule has 1 aliphatic heterocycles. The van der Waals surface area contributed by atoms with Gasteiger partial charge < -0.3 is 14.4 Å². The number of rotatable bonds is 4. The number of likely N-dealkylation sites (tertiary alicyclic amines) is 1. The van der Waals surface area contributed by atoms with Crippen molar-refractivity contribution in [2.24, 2.45) is 5.41 Å². The van der Waals surface area contributed by atoms with E-state index in [1.807, 2.05) is 36.1 Å². The van der Waals surface area contributed by atoms with Crippen molar-refractivity contribution in [3.63, 3.8) is 0 Å². The van der Waals surface area contributed by atoms with E-state index in [2.05, 4.69) is 39.2 Å². The van der Waals surface area contributed by atoms with Crippen LogP contribution in [0.4, 0.5) is 4.79 Å². The fourth-order valence-electron chi connectivity index (χ4n) is 3.68. The maximum atomic E-state index is 12.3. The Hall–Kier alpha value is -1.83. The molecule has 0 aromatic carbocycles. The van der Waals surface area contributed by atoms with Gasteiger partial charge in [0.15, 0.2) is 5.65 Å². The van der Waals surface area contributed by atoms with Crippen LogP contribution in [0.3, 0.4) is 0 Å². The van der Waals surface area contributed by atoms with E-state index < -0.39 is 5.60 Å². The van der Waals surface area contributed by atoms with E-state index in [9.17, 15) is 4.79 Å². The Bertz CT molecular complexity index is 909. The SMILES string of the molecule is CC1(COc2cc3nnc(Br)n3cc2C2CC2)CCN(C(=O)OC(C)(C)C)CC1. The molecule has 0 radical (unpaired) electrons. The fraction of sp³-hybridized carbons (Fsp3) is 0.667. The number of ether oxygens (including phenoxy) is 2. The molecule has 1 amide bonds. The minimum absolute atomic E-state index is 0.0275. The molecule has 0 bridgehead atoms. The van der Waals surface area contributed by atoms with Crippen molar-refractivity contribution in [1.82, 2.24) is 19.5 Å². The van der Waals surface area contributed by atoms with E-state index in [-0.39, 0.29) is 11.5 Å². The monoisotopic (exact) mass is 464 g/mol. The van der Waals surface area contributed by atoms with Gasteiger partial charge in [-0.05, 0) is 68.3 Å². The van der Waals surface area contributed by atoms with Crippen molar-refractivity contribution < 1.29 is 14.3 Å². The van der Waals surface area contributed by atoms with E-state index >= 15 is 0 Å². The van der Waals surface area contributed by atoms with E-state index in [0.29, 0.717) is 30.3 Å². The summed E-state index contributed by atoms with van der Waals surface area (Å²) in [5.74, 6) is 1.47. The zero-order valence-corrected chi connectivity index (χ0v) is 19.2. The molecule has 2 fully saturated rings. The highest BCUT2D eigenvalue weighted by Gasteiger charge is 2.35. The van der Waals surface area contributed by atoms with Gasteiger partial charge in [0, 0.05) is 36.3 Å². The number of halogens is 1. The van der Waals surface area contributed by atoms with Crippen molar-refractivity contribution in [2.45, 2.75) is 64.9 Å². The molecule has 29 heavy (non-hydrogen) atoms. The Morgan fingerprint density at radius 2 is 1.97 bits per heavy atom. The summed E-state index contributed by atoms with van der Waals surface area (Å²) in [6.45, 7) is 9.95. The fourth-order valence-corrected chi connectivity index (χ4v) is 4.05. The summed E-state index contributed by atoms with van der Waals surface area (Å²) < 4.78 is 14.5. The highest BCUT2D eigenvalue weighted by Crippen LogP contribution is 2.45. The van der Waals surface area contributed by atoms with Crippen LogP contribution in [-0.2, 0) is 4.74 Å². The van der Waals surface area contributed by atoms with Crippen molar-refractivity contribution in [2.75, 3.05) is 19.7 Å². The van der Waals surface area contributed by atoms with Gasteiger partial charge in [0.2, 0.25) is 4.73 Å². The lowest BCUT2D eigenvalue weighted by Gasteiger charge is -2.39.